The number of fused-ring (bicyclic) bond motifs is 1. The van der Waals surface area contributed by atoms with Crippen molar-refractivity contribution in [3.8, 4) is 5.75 Å². The van der Waals surface area contributed by atoms with E-state index < -0.39 is 0 Å². The van der Waals surface area contributed by atoms with Gasteiger partial charge < -0.3 is 10.1 Å². The second-order valence-corrected chi connectivity index (χ2v) is 6.30. The van der Waals surface area contributed by atoms with Gasteiger partial charge in [0.15, 0.2) is 0 Å². The van der Waals surface area contributed by atoms with Crippen LogP contribution in [0.5, 0.6) is 5.75 Å². The fourth-order valence-corrected chi connectivity index (χ4v) is 3.59. The Labute approximate surface area is 115 Å². The molecule has 3 heteroatoms. The van der Waals surface area contributed by atoms with Crippen molar-refractivity contribution < 1.29 is 4.74 Å². The molecule has 0 bridgehead atoms. The number of ether oxygens (including phenoxy) is 1. The van der Waals surface area contributed by atoms with Gasteiger partial charge in [-0.2, -0.15) is 0 Å². The molecule has 1 aromatic carbocycles. The van der Waals surface area contributed by atoms with Crippen LogP contribution in [0.15, 0.2) is 18.2 Å². The molecule has 0 aromatic heterocycles. The first kappa shape index (κ1) is 12.9. The number of nitrogens with one attached hydrogen (secondary N) is 1. The SMILES string of the molecule is COc1ccc2c(c1)C(N1CCNCC1(C)C)CC2. The quantitative estimate of drug-likeness (QED) is 0.883. The summed E-state index contributed by atoms with van der Waals surface area (Å²) in [5, 5.41) is 3.51. The molecule has 0 radical (unpaired) electrons. The van der Waals surface area contributed by atoms with Crippen LogP contribution in [-0.2, 0) is 6.42 Å². The molecule has 0 amide bonds. The number of hydrogen-bond acceptors (Lipinski definition) is 3. The number of methoxy groups -OCH3 is 1. The van der Waals surface area contributed by atoms with Crippen molar-refractivity contribution >= 4 is 0 Å². The molecule has 3 rings (SSSR count). The van der Waals surface area contributed by atoms with Crippen LogP contribution in [0, 0.1) is 0 Å². The predicted molar refractivity (Wildman–Crippen MR) is 77.7 cm³/mol. The molecule has 104 valence electrons. The Morgan fingerprint density at radius 2 is 2.21 bits per heavy atom. The lowest BCUT2D eigenvalue weighted by molar-refractivity contribution is 0.0445. The normalized spacial score (nSPS) is 26.2. The van der Waals surface area contributed by atoms with E-state index in [0.717, 1.165) is 25.4 Å². The van der Waals surface area contributed by atoms with Gasteiger partial charge in [-0.15, -0.1) is 0 Å². The van der Waals surface area contributed by atoms with Crippen molar-refractivity contribution in [3.63, 3.8) is 0 Å². The van der Waals surface area contributed by atoms with E-state index in [1.165, 1.54) is 24.0 Å². The third kappa shape index (κ3) is 2.26. The maximum absolute atomic E-state index is 5.40. The molecule has 19 heavy (non-hydrogen) atoms. The molecule has 1 aliphatic carbocycles. The number of benzene rings is 1. The van der Waals surface area contributed by atoms with Gasteiger partial charge in [-0.05, 0) is 49.9 Å². The van der Waals surface area contributed by atoms with Crippen LogP contribution < -0.4 is 10.1 Å². The maximum atomic E-state index is 5.40. The molecule has 0 saturated carbocycles. The molecule has 1 unspecified atom stereocenters. The van der Waals surface area contributed by atoms with Gasteiger partial charge in [-0.25, -0.2) is 0 Å². The Morgan fingerprint density at radius 1 is 1.37 bits per heavy atom. The fourth-order valence-electron chi connectivity index (χ4n) is 3.59. The minimum Gasteiger partial charge on any atom is -0.497 e. The van der Waals surface area contributed by atoms with Gasteiger partial charge >= 0.3 is 0 Å². The van der Waals surface area contributed by atoms with Crippen molar-refractivity contribution in [2.45, 2.75) is 38.3 Å². The standard InChI is InChI=1S/C16H24N2O/c1-16(2)11-17-8-9-18(16)15-7-5-12-4-6-13(19-3)10-14(12)15/h4,6,10,15,17H,5,7-9,11H2,1-3H3. The molecular formula is C16H24N2O. The van der Waals surface area contributed by atoms with Gasteiger partial charge in [0.25, 0.3) is 0 Å². The van der Waals surface area contributed by atoms with Crippen LogP contribution in [0.1, 0.15) is 37.4 Å². The van der Waals surface area contributed by atoms with E-state index in [1.807, 2.05) is 0 Å². The van der Waals surface area contributed by atoms with Crippen LogP contribution in [0.25, 0.3) is 0 Å². The van der Waals surface area contributed by atoms with Crippen molar-refractivity contribution in [1.82, 2.24) is 10.2 Å². The van der Waals surface area contributed by atoms with E-state index in [4.69, 9.17) is 4.74 Å². The number of piperazine rings is 1. The van der Waals surface area contributed by atoms with Gasteiger partial charge in [0.1, 0.15) is 5.75 Å². The number of nitrogens with zero attached hydrogens (tertiary/aromatic N) is 1. The lowest BCUT2D eigenvalue weighted by Crippen LogP contribution is -2.58. The first-order valence-corrected chi connectivity index (χ1v) is 7.26. The van der Waals surface area contributed by atoms with Crippen molar-refractivity contribution in [2.75, 3.05) is 26.7 Å². The average molecular weight is 260 g/mol. The highest BCUT2D eigenvalue weighted by atomic mass is 16.5. The van der Waals surface area contributed by atoms with Crippen molar-refractivity contribution in [1.29, 1.82) is 0 Å². The monoisotopic (exact) mass is 260 g/mol. The summed E-state index contributed by atoms with van der Waals surface area (Å²) >= 11 is 0. The fraction of sp³-hybridized carbons (Fsp3) is 0.625. The molecular weight excluding hydrogens is 236 g/mol. The van der Waals surface area contributed by atoms with Crippen LogP contribution in [0.4, 0.5) is 0 Å². The van der Waals surface area contributed by atoms with Gasteiger partial charge in [-0.3, -0.25) is 4.90 Å². The van der Waals surface area contributed by atoms with Crippen LogP contribution in [0.3, 0.4) is 0 Å². The summed E-state index contributed by atoms with van der Waals surface area (Å²) in [6.45, 7) is 7.99. The summed E-state index contributed by atoms with van der Waals surface area (Å²) in [7, 11) is 1.75. The molecule has 1 fully saturated rings. The second-order valence-electron chi connectivity index (χ2n) is 6.30. The van der Waals surface area contributed by atoms with Gasteiger partial charge in [0, 0.05) is 31.2 Å². The van der Waals surface area contributed by atoms with Gasteiger partial charge in [0.2, 0.25) is 0 Å². The predicted octanol–water partition coefficient (Wildman–Crippen LogP) is 2.37. The minimum absolute atomic E-state index is 0.230. The highest BCUT2D eigenvalue weighted by Crippen LogP contribution is 2.40. The Hall–Kier alpha value is -1.06. The summed E-state index contributed by atoms with van der Waals surface area (Å²) in [4.78, 5) is 2.68. The Morgan fingerprint density at radius 3 is 2.95 bits per heavy atom. The molecule has 1 aliphatic heterocycles. The molecule has 1 aromatic rings. The summed E-state index contributed by atoms with van der Waals surface area (Å²) in [5.41, 5.74) is 3.21. The van der Waals surface area contributed by atoms with Crippen LogP contribution in [-0.4, -0.2) is 37.2 Å². The molecule has 3 nitrogen and oxygen atoms in total. The van der Waals surface area contributed by atoms with Crippen molar-refractivity contribution in [2.24, 2.45) is 0 Å². The lowest BCUT2D eigenvalue weighted by Gasteiger charge is -2.46. The van der Waals surface area contributed by atoms with E-state index in [2.05, 4.69) is 42.3 Å². The first-order valence-electron chi connectivity index (χ1n) is 7.26. The largest absolute Gasteiger partial charge is 0.497 e. The van der Waals surface area contributed by atoms with Crippen LogP contribution in [0.2, 0.25) is 0 Å². The smallest absolute Gasteiger partial charge is 0.119 e. The van der Waals surface area contributed by atoms with Gasteiger partial charge in [-0.1, -0.05) is 6.07 Å². The molecule has 1 heterocycles. The second kappa shape index (κ2) is 4.80. The Bertz CT molecular complexity index is 470. The average Bonchev–Trinajstić information content (AvgIpc) is 2.81. The topological polar surface area (TPSA) is 24.5 Å². The van der Waals surface area contributed by atoms with Crippen molar-refractivity contribution in [3.05, 3.63) is 29.3 Å². The number of hydrogen-bond donors (Lipinski definition) is 1. The number of rotatable bonds is 2. The third-order valence-electron chi connectivity index (χ3n) is 4.64. The zero-order valence-corrected chi connectivity index (χ0v) is 12.2. The molecule has 1 atom stereocenters. The van der Waals surface area contributed by atoms with Gasteiger partial charge in [0.05, 0.1) is 7.11 Å². The Kier molecular flexibility index (Phi) is 3.27. The minimum atomic E-state index is 0.230. The summed E-state index contributed by atoms with van der Waals surface area (Å²) in [5.74, 6) is 0.985. The molecule has 2 aliphatic rings. The van der Waals surface area contributed by atoms with E-state index >= 15 is 0 Å². The van der Waals surface area contributed by atoms with Crippen LogP contribution >= 0.6 is 0 Å². The summed E-state index contributed by atoms with van der Waals surface area (Å²) in [6.07, 6.45) is 2.44. The molecule has 1 N–H and O–H groups in total. The van der Waals surface area contributed by atoms with E-state index in [-0.39, 0.29) is 5.54 Å². The highest BCUT2D eigenvalue weighted by molar-refractivity contribution is 5.41. The third-order valence-corrected chi connectivity index (χ3v) is 4.64. The highest BCUT2D eigenvalue weighted by Gasteiger charge is 2.38. The zero-order valence-electron chi connectivity index (χ0n) is 12.2. The lowest BCUT2D eigenvalue weighted by atomic mass is 9.95. The van der Waals surface area contributed by atoms with E-state index in [0.29, 0.717) is 6.04 Å². The first-order chi connectivity index (χ1) is 9.12. The Balaban J connectivity index is 1.92. The maximum Gasteiger partial charge on any atom is 0.119 e. The molecule has 1 saturated heterocycles. The van der Waals surface area contributed by atoms with E-state index in [9.17, 15) is 0 Å². The number of aryl methyl sites for hydroxylation is 1. The molecule has 0 spiro atoms. The summed E-state index contributed by atoms with van der Waals surface area (Å²) < 4.78 is 5.40. The van der Waals surface area contributed by atoms with E-state index in [1.54, 1.807) is 7.11 Å². The summed E-state index contributed by atoms with van der Waals surface area (Å²) in [6, 6.07) is 7.13. The zero-order chi connectivity index (χ0) is 13.5.